The van der Waals surface area contributed by atoms with Crippen LogP contribution in [0.25, 0.3) is 0 Å². The molecule has 2 aromatic carbocycles. The molecule has 3 nitrogen and oxygen atoms in total. The van der Waals surface area contributed by atoms with Gasteiger partial charge in [0.1, 0.15) is 0 Å². The van der Waals surface area contributed by atoms with Gasteiger partial charge in [0.15, 0.2) is 0 Å². The number of carbonyl (C=O) groups excluding carboxylic acids is 1. The van der Waals surface area contributed by atoms with Crippen molar-refractivity contribution in [1.29, 1.82) is 0 Å². The Morgan fingerprint density at radius 1 is 1.29 bits per heavy atom. The van der Waals surface area contributed by atoms with Gasteiger partial charge in [-0.25, -0.2) is 4.79 Å². The Kier molecular flexibility index (Phi) is 5.26. The summed E-state index contributed by atoms with van der Waals surface area (Å²) in [6.07, 6.45) is 0. The van der Waals surface area contributed by atoms with E-state index in [0.29, 0.717) is 17.1 Å². The largest absolute Gasteiger partial charge is 0.465 e. The first-order chi connectivity index (χ1) is 10.0. The molecule has 1 N–H and O–H groups in total. The van der Waals surface area contributed by atoms with Crippen LogP contribution in [0, 0.1) is 6.92 Å². The Morgan fingerprint density at radius 3 is 2.71 bits per heavy atom. The van der Waals surface area contributed by atoms with Gasteiger partial charge in [-0.3, -0.25) is 0 Å². The van der Waals surface area contributed by atoms with Crippen molar-refractivity contribution in [3.05, 3.63) is 62.6 Å². The van der Waals surface area contributed by atoms with E-state index in [1.54, 1.807) is 12.1 Å². The first kappa shape index (κ1) is 15.9. The molecule has 0 fully saturated rings. The quantitative estimate of drug-likeness (QED) is 0.787. The van der Waals surface area contributed by atoms with Crippen LogP contribution in [0.1, 0.15) is 21.5 Å². The van der Waals surface area contributed by atoms with Crippen LogP contribution in [-0.2, 0) is 11.3 Å². The van der Waals surface area contributed by atoms with Crippen molar-refractivity contribution in [2.45, 2.75) is 13.5 Å². The summed E-state index contributed by atoms with van der Waals surface area (Å²) in [5.41, 5.74) is 3.58. The third kappa shape index (κ3) is 3.99. The molecule has 0 aromatic heterocycles. The van der Waals surface area contributed by atoms with Crippen LogP contribution in [0.3, 0.4) is 0 Å². The van der Waals surface area contributed by atoms with Gasteiger partial charge in [-0.15, -0.1) is 0 Å². The number of methoxy groups -OCH3 is 1. The van der Waals surface area contributed by atoms with Gasteiger partial charge in [0.05, 0.1) is 12.7 Å². The lowest BCUT2D eigenvalue weighted by Crippen LogP contribution is -2.05. The lowest BCUT2D eigenvalue weighted by molar-refractivity contribution is 0.0601. The lowest BCUT2D eigenvalue weighted by atomic mass is 10.1. The molecule has 2 rings (SSSR count). The molecule has 0 heterocycles. The second-order valence-electron chi connectivity index (χ2n) is 4.61. The zero-order valence-electron chi connectivity index (χ0n) is 11.7. The fourth-order valence-corrected chi connectivity index (χ4v) is 2.74. The molecule has 0 aliphatic heterocycles. The van der Waals surface area contributed by atoms with Crippen molar-refractivity contribution < 1.29 is 9.53 Å². The topological polar surface area (TPSA) is 38.3 Å². The molecule has 0 spiro atoms. The summed E-state index contributed by atoms with van der Waals surface area (Å²) in [6, 6.07) is 11.1. The standard InChI is InChI=1S/C16H15BrClNO2/c1-10-3-4-11(16(20)21-2)7-15(10)19-9-12-5-6-13(18)8-14(12)17/h3-8,19H,9H2,1-2H3. The molecule has 0 saturated carbocycles. The first-order valence-corrected chi connectivity index (χ1v) is 7.55. The Bertz CT molecular complexity index is 673. The van der Waals surface area contributed by atoms with Crippen LogP contribution in [0.4, 0.5) is 5.69 Å². The molecule has 0 aliphatic carbocycles. The van der Waals surface area contributed by atoms with Crippen LogP contribution < -0.4 is 5.32 Å². The van der Waals surface area contributed by atoms with Gasteiger partial charge in [-0.1, -0.05) is 39.7 Å². The zero-order valence-corrected chi connectivity index (χ0v) is 14.1. The van der Waals surface area contributed by atoms with Gasteiger partial charge in [-0.05, 0) is 42.3 Å². The number of hydrogen-bond acceptors (Lipinski definition) is 3. The summed E-state index contributed by atoms with van der Waals surface area (Å²) in [6.45, 7) is 2.61. The number of rotatable bonds is 4. The molecule has 2 aromatic rings. The predicted molar refractivity (Wildman–Crippen MR) is 89.0 cm³/mol. The van der Waals surface area contributed by atoms with Crippen LogP contribution in [0.2, 0.25) is 5.02 Å². The molecule has 0 radical (unpaired) electrons. The van der Waals surface area contributed by atoms with Gasteiger partial charge >= 0.3 is 5.97 Å². The van der Waals surface area contributed by atoms with Crippen molar-refractivity contribution in [3.8, 4) is 0 Å². The minimum atomic E-state index is -0.342. The molecule has 110 valence electrons. The number of nitrogens with one attached hydrogen (secondary N) is 1. The minimum absolute atomic E-state index is 0.342. The second-order valence-corrected chi connectivity index (χ2v) is 5.90. The highest BCUT2D eigenvalue weighted by Gasteiger charge is 2.08. The summed E-state index contributed by atoms with van der Waals surface area (Å²) in [7, 11) is 1.38. The fourth-order valence-electron chi connectivity index (χ4n) is 1.91. The smallest absolute Gasteiger partial charge is 0.337 e. The van der Waals surface area contributed by atoms with Gasteiger partial charge in [-0.2, -0.15) is 0 Å². The molecular formula is C16H15BrClNO2. The predicted octanol–water partition coefficient (Wildman–Crippen LogP) is 4.81. The SMILES string of the molecule is COC(=O)c1ccc(C)c(NCc2ccc(Cl)cc2Br)c1. The normalized spacial score (nSPS) is 10.3. The maximum absolute atomic E-state index is 11.6. The van der Waals surface area contributed by atoms with Crippen molar-refractivity contribution in [2.24, 2.45) is 0 Å². The molecule has 21 heavy (non-hydrogen) atoms. The van der Waals surface area contributed by atoms with E-state index < -0.39 is 0 Å². The number of halogens is 2. The summed E-state index contributed by atoms with van der Waals surface area (Å²) in [4.78, 5) is 11.6. The van der Waals surface area contributed by atoms with Crippen molar-refractivity contribution >= 4 is 39.2 Å². The average Bonchev–Trinajstić information content (AvgIpc) is 2.47. The Balaban J connectivity index is 2.17. The van der Waals surface area contributed by atoms with E-state index >= 15 is 0 Å². The van der Waals surface area contributed by atoms with Gasteiger partial charge < -0.3 is 10.1 Å². The second kappa shape index (κ2) is 6.96. The van der Waals surface area contributed by atoms with Crippen molar-refractivity contribution in [2.75, 3.05) is 12.4 Å². The molecule has 5 heteroatoms. The Hall–Kier alpha value is -1.52. The maximum Gasteiger partial charge on any atom is 0.337 e. The molecule has 0 amide bonds. The number of ether oxygens (including phenoxy) is 1. The molecule has 0 aliphatic rings. The first-order valence-electron chi connectivity index (χ1n) is 6.38. The van der Waals surface area contributed by atoms with E-state index in [1.807, 2.05) is 31.2 Å². The summed E-state index contributed by atoms with van der Waals surface area (Å²) >= 11 is 9.42. The Labute approximate surface area is 137 Å². The highest BCUT2D eigenvalue weighted by molar-refractivity contribution is 9.10. The van der Waals surface area contributed by atoms with Crippen molar-refractivity contribution in [1.82, 2.24) is 0 Å². The van der Waals surface area contributed by atoms with Crippen LogP contribution in [-0.4, -0.2) is 13.1 Å². The molecule has 0 unspecified atom stereocenters. The van der Waals surface area contributed by atoms with E-state index in [2.05, 4.69) is 21.2 Å². The van der Waals surface area contributed by atoms with E-state index in [0.717, 1.165) is 21.3 Å². The molecular weight excluding hydrogens is 354 g/mol. The van der Waals surface area contributed by atoms with E-state index in [9.17, 15) is 4.79 Å². The third-order valence-corrected chi connectivity index (χ3v) is 4.12. The van der Waals surface area contributed by atoms with Gasteiger partial charge in [0.2, 0.25) is 0 Å². The highest BCUT2D eigenvalue weighted by Crippen LogP contribution is 2.24. The minimum Gasteiger partial charge on any atom is -0.465 e. The number of aryl methyl sites for hydroxylation is 1. The van der Waals surface area contributed by atoms with Gasteiger partial charge in [0.25, 0.3) is 0 Å². The molecule has 0 saturated heterocycles. The monoisotopic (exact) mass is 367 g/mol. The molecule has 0 bridgehead atoms. The van der Waals surface area contributed by atoms with Crippen molar-refractivity contribution in [3.63, 3.8) is 0 Å². The van der Waals surface area contributed by atoms with Crippen LogP contribution in [0.5, 0.6) is 0 Å². The summed E-state index contributed by atoms with van der Waals surface area (Å²) in [5, 5.41) is 4.02. The lowest BCUT2D eigenvalue weighted by Gasteiger charge is -2.12. The zero-order chi connectivity index (χ0) is 15.4. The number of benzene rings is 2. The van der Waals surface area contributed by atoms with E-state index in [1.165, 1.54) is 7.11 Å². The number of esters is 1. The number of anilines is 1. The Morgan fingerprint density at radius 2 is 2.05 bits per heavy atom. The van der Waals surface area contributed by atoms with Crippen LogP contribution in [0.15, 0.2) is 40.9 Å². The summed E-state index contributed by atoms with van der Waals surface area (Å²) in [5.74, 6) is -0.342. The average molecular weight is 369 g/mol. The fraction of sp³-hybridized carbons (Fsp3) is 0.188. The number of carbonyl (C=O) groups is 1. The van der Waals surface area contributed by atoms with Crippen LogP contribution >= 0.6 is 27.5 Å². The molecule has 0 atom stereocenters. The van der Waals surface area contributed by atoms with Gasteiger partial charge in [0, 0.05) is 21.7 Å². The number of hydrogen-bond donors (Lipinski definition) is 1. The maximum atomic E-state index is 11.6. The highest BCUT2D eigenvalue weighted by atomic mass is 79.9. The summed E-state index contributed by atoms with van der Waals surface area (Å²) < 4.78 is 5.69. The van der Waals surface area contributed by atoms with E-state index in [4.69, 9.17) is 16.3 Å². The van der Waals surface area contributed by atoms with E-state index in [-0.39, 0.29) is 5.97 Å². The third-order valence-electron chi connectivity index (χ3n) is 3.14.